The van der Waals surface area contributed by atoms with Gasteiger partial charge in [-0.25, -0.2) is 0 Å². The molecule has 0 radical (unpaired) electrons. The van der Waals surface area contributed by atoms with Crippen LogP contribution in [-0.2, 0) is 0 Å². The van der Waals surface area contributed by atoms with Gasteiger partial charge < -0.3 is 0 Å². The Balaban J connectivity index is 2.09. The second-order valence-corrected chi connectivity index (χ2v) is 6.50. The normalized spacial score (nSPS) is 25.2. The summed E-state index contributed by atoms with van der Waals surface area (Å²) in [4.78, 5) is 1.31. The van der Waals surface area contributed by atoms with Crippen LogP contribution in [0.25, 0.3) is 0 Å². The molecule has 0 saturated heterocycles. The Morgan fingerprint density at radius 3 is 2.63 bits per heavy atom. The van der Waals surface area contributed by atoms with E-state index in [0.29, 0.717) is 12.0 Å². The molecule has 0 spiro atoms. The molecule has 1 saturated carbocycles. The van der Waals surface area contributed by atoms with Gasteiger partial charge in [-0.2, -0.15) is 0 Å². The third-order valence-corrected chi connectivity index (χ3v) is 5.27. The van der Waals surface area contributed by atoms with Crippen LogP contribution < -0.4 is 11.3 Å². The second-order valence-electron chi connectivity index (χ2n) is 5.62. The van der Waals surface area contributed by atoms with E-state index in [1.165, 1.54) is 42.6 Å². The van der Waals surface area contributed by atoms with E-state index in [9.17, 15) is 0 Å². The molecule has 3 heteroatoms. The van der Waals surface area contributed by atoms with E-state index in [1.807, 2.05) is 0 Å². The van der Waals surface area contributed by atoms with Gasteiger partial charge in [-0.05, 0) is 48.6 Å². The summed E-state index contributed by atoms with van der Waals surface area (Å²) in [6.07, 6.45) is 8.78. The van der Waals surface area contributed by atoms with E-state index in [4.69, 9.17) is 5.84 Å². The SMILES string of the molecule is CCC1CCCC(C(NN)c2ccc(SC)cc2)C1. The predicted molar refractivity (Wildman–Crippen MR) is 84.0 cm³/mol. The van der Waals surface area contributed by atoms with Gasteiger partial charge in [0.15, 0.2) is 0 Å². The fourth-order valence-corrected chi connectivity index (χ4v) is 3.73. The van der Waals surface area contributed by atoms with Crippen molar-refractivity contribution in [3.05, 3.63) is 29.8 Å². The highest BCUT2D eigenvalue weighted by Crippen LogP contribution is 2.38. The molecule has 1 aromatic carbocycles. The van der Waals surface area contributed by atoms with Crippen molar-refractivity contribution < 1.29 is 0 Å². The molecule has 0 heterocycles. The van der Waals surface area contributed by atoms with Crippen LogP contribution in [-0.4, -0.2) is 6.26 Å². The predicted octanol–water partition coefficient (Wildman–Crippen LogP) is 4.13. The van der Waals surface area contributed by atoms with E-state index in [2.05, 4.69) is 42.9 Å². The zero-order valence-corrected chi connectivity index (χ0v) is 12.9. The van der Waals surface area contributed by atoms with Crippen molar-refractivity contribution in [1.82, 2.24) is 5.43 Å². The Bertz CT molecular complexity index is 377. The number of nitrogens with one attached hydrogen (secondary N) is 1. The Kier molecular flexibility index (Phi) is 5.74. The summed E-state index contributed by atoms with van der Waals surface area (Å²) in [5, 5.41) is 0. The van der Waals surface area contributed by atoms with Gasteiger partial charge in [0.25, 0.3) is 0 Å². The number of hydrogen-bond acceptors (Lipinski definition) is 3. The summed E-state index contributed by atoms with van der Waals surface area (Å²) >= 11 is 1.78. The Morgan fingerprint density at radius 2 is 2.05 bits per heavy atom. The lowest BCUT2D eigenvalue weighted by molar-refractivity contribution is 0.210. The highest BCUT2D eigenvalue weighted by Gasteiger charge is 2.28. The van der Waals surface area contributed by atoms with Crippen LogP contribution in [0.5, 0.6) is 0 Å². The van der Waals surface area contributed by atoms with Crippen LogP contribution in [0.1, 0.15) is 50.6 Å². The first-order valence-corrected chi connectivity index (χ1v) is 8.61. The first-order chi connectivity index (χ1) is 9.28. The van der Waals surface area contributed by atoms with Crippen molar-refractivity contribution in [2.45, 2.75) is 50.0 Å². The molecule has 1 aliphatic carbocycles. The van der Waals surface area contributed by atoms with Crippen LogP contribution in [0.15, 0.2) is 29.2 Å². The lowest BCUT2D eigenvalue weighted by Gasteiger charge is -2.34. The second kappa shape index (κ2) is 7.32. The smallest absolute Gasteiger partial charge is 0.0488 e. The maximum Gasteiger partial charge on any atom is 0.0488 e. The molecule has 19 heavy (non-hydrogen) atoms. The zero-order valence-electron chi connectivity index (χ0n) is 12.1. The number of hydrogen-bond donors (Lipinski definition) is 2. The van der Waals surface area contributed by atoms with Crippen LogP contribution in [0.4, 0.5) is 0 Å². The topological polar surface area (TPSA) is 38.0 Å². The summed E-state index contributed by atoms with van der Waals surface area (Å²) in [5.41, 5.74) is 4.40. The first-order valence-electron chi connectivity index (χ1n) is 7.38. The lowest BCUT2D eigenvalue weighted by atomic mass is 9.75. The molecule has 3 atom stereocenters. The van der Waals surface area contributed by atoms with Gasteiger partial charge >= 0.3 is 0 Å². The van der Waals surface area contributed by atoms with Crippen molar-refractivity contribution >= 4 is 11.8 Å². The van der Waals surface area contributed by atoms with E-state index in [0.717, 1.165) is 5.92 Å². The average molecular weight is 278 g/mol. The van der Waals surface area contributed by atoms with Crippen molar-refractivity contribution in [2.24, 2.45) is 17.7 Å². The minimum absolute atomic E-state index is 0.310. The van der Waals surface area contributed by atoms with E-state index in [1.54, 1.807) is 11.8 Å². The third-order valence-electron chi connectivity index (χ3n) is 4.53. The largest absolute Gasteiger partial charge is 0.271 e. The standard InChI is InChI=1S/C16H26N2S/c1-3-12-5-4-6-14(11-12)16(18-17)13-7-9-15(19-2)10-8-13/h7-10,12,14,16,18H,3-6,11,17H2,1-2H3. The summed E-state index contributed by atoms with van der Waals surface area (Å²) in [6.45, 7) is 2.31. The molecule has 2 rings (SSSR count). The average Bonchev–Trinajstić information content (AvgIpc) is 2.49. The van der Waals surface area contributed by atoms with Gasteiger partial charge in [0, 0.05) is 10.9 Å². The molecule has 3 unspecified atom stereocenters. The molecule has 3 N–H and O–H groups in total. The van der Waals surface area contributed by atoms with Crippen LogP contribution >= 0.6 is 11.8 Å². The molecular formula is C16H26N2S. The fourth-order valence-electron chi connectivity index (χ4n) is 3.32. The molecule has 2 nitrogen and oxygen atoms in total. The molecule has 106 valence electrons. The highest BCUT2D eigenvalue weighted by atomic mass is 32.2. The Morgan fingerprint density at radius 1 is 1.32 bits per heavy atom. The summed E-state index contributed by atoms with van der Waals surface area (Å²) in [6, 6.07) is 9.16. The van der Waals surface area contributed by atoms with E-state index < -0.39 is 0 Å². The number of benzene rings is 1. The van der Waals surface area contributed by atoms with Crippen molar-refractivity contribution in [3.63, 3.8) is 0 Å². The minimum atomic E-state index is 0.310. The number of nitrogens with two attached hydrogens (primary N) is 1. The molecule has 1 aliphatic rings. The van der Waals surface area contributed by atoms with Crippen LogP contribution in [0.3, 0.4) is 0 Å². The van der Waals surface area contributed by atoms with Gasteiger partial charge in [-0.1, -0.05) is 38.3 Å². The van der Waals surface area contributed by atoms with Gasteiger partial charge in [0.2, 0.25) is 0 Å². The van der Waals surface area contributed by atoms with Gasteiger partial charge in [-0.3, -0.25) is 11.3 Å². The number of rotatable bonds is 5. The highest BCUT2D eigenvalue weighted by molar-refractivity contribution is 7.98. The Labute approximate surface area is 121 Å². The Hall–Kier alpha value is -0.510. The summed E-state index contributed by atoms with van der Waals surface area (Å²) in [5.74, 6) is 7.41. The maximum absolute atomic E-state index is 5.84. The molecular weight excluding hydrogens is 252 g/mol. The monoisotopic (exact) mass is 278 g/mol. The molecule has 0 aromatic heterocycles. The minimum Gasteiger partial charge on any atom is -0.271 e. The van der Waals surface area contributed by atoms with Crippen molar-refractivity contribution in [2.75, 3.05) is 6.26 Å². The molecule has 0 aliphatic heterocycles. The number of hydrazine groups is 1. The van der Waals surface area contributed by atoms with Gasteiger partial charge in [-0.15, -0.1) is 11.8 Å². The van der Waals surface area contributed by atoms with Crippen LogP contribution in [0, 0.1) is 11.8 Å². The van der Waals surface area contributed by atoms with E-state index >= 15 is 0 Å². The number of thioether (sulfide) groups is 1. The third kappa shape index (κ3) is 3.74. The van der Waals surface area contributed by atoms with Crippen molar-refractivity contribution in [1.29, 1.82) is 0 Å². The fraction of sp³-hybridized carbons (Fsp3) is 0.625. The molecule has 1 aromatic rings. The zero-order chi connectivity index (χ0) is 13.7. The van der Waals surface area contributed by atoms with Crippen molar-refractivity contribution in [3.8, 4) is 0 Å². The molecule has 0 bridgehead atoms. The molecule has 1 fully saturated rings. The lowest BCUT2D eigenvalue weighted by Crippen LogP contribution is -2.35. The van der Waals surface area contributed by atoms with E-state index in [-0.39, 0.29) is 0 Å². The maximum atomic E-state index is 5.84. The van der Waals surface area contributed by atoms with Gasteiger partial charge in [0.1, 0.15) is 0 Å². The van der Waals surface area contributed by atoms with Gasteiger partial charge in [0.05, 0.1) is 0 Å². The first kappa shape index (κ1) is 14.9. The molecule has 0 amide bonds. The summed E-state index contributed by atoms with van der Waals surface area (Å²) < 4.78 is 0. The quantitative estimate of drug-likeness (QED) is 0.483. The van der Waals surface area contributed by atoms with Crippen LogP contribution in [0.2, 0.25) is 0 Å². The summed E-state index contributed by atoms with van der Waals surface area (Å²) in [7, 11) is 0.